The molecule has 1 aromatic rings. The Morgan fingerprint density at radius 3 is 2.55 bits per heavy atom. The summed E-state index contributed by atoms with van der Waals surface area (Å²) in [5.74, 6) is 1.02. The van der Waals surface area contributed by atoms with Crippen LogP contribution in [0.25, 0.3) is 0 Å². The Bertz CT molecular complexity index is 460. The molecule has 0 amide bonds. The molecule has 0 radical (unpaired) electrons. The van der Waals surface area contributed by atoms with E-state index >= 15 is 0 Å². The molecule has 0 saturated heterocycles. The van der Waals surface area contributed by atoms with Crippen LogP contribution in [-0.4, -0.2) is 25.7 Å². The molecule has 0 unspecified atom stereocenters. The standard InChI is InChI=1S/C15H24N2OSSi/c1-15(2,3)20(4,5)18-9-6-10-19-14-8-7-13(11-16)17-12-14/h7-8,12H,6,9-10H2,1-5H3. The van der Waals surface area contributed by atoms with Gasteiger partial charge in [0.1, 0.15) is 11.8 Å². The monoisotopic (exact) mass is 308 g/mol. The Hall–Kier alpha value is -0.833. The van der Waals surface area contributed by atoms with Crippen molar-refractivity contribution in [1.82, 2.24) is 4.98 Å². The lowest BCUT2D eigenvalue weighted by atomic mass is 10.2. The first-order valence-corrected chi connectivity index (χ1v) is 10.8. The van der Waals surface area contributed by atoms with E-state index in [1.807, 2.05) is 12.1 Å². The van der Waals surface area contributed by atoms with Crippen LogP contribution in [0.15, 0.2) is 23.2 Å². The van der Waals surface area contributed by atoms with Crippen molar-refractivity contribution >= 4 is 20.1 Å². The average molecular weight is 309 g/mol. The second-order valence-electron chi connectivity index (χ2n) is 6.30. The minimum absolute atomic E-state index is 0.275. The molecule has 0 aliphatic rings. The van der Waals surface area contributed by atoms with Gasteiger partial charge in [-0.1, -0.05) is 20.8 Å². The molecule has 0 aromatic carbocycles. The Morgan fingerprint density at radius 1 is 1.35 bits per heavy atom. The normalized spacial score (nSPS) is 12.2. The minimum Gasteiger partial charge on any atom is -0.417 e. The van der Waals surface area contributed by atoms with E-state index in [2.05, 4.69) is 38.8 Å². The van der Waals surface area contributed by atoms with E-state index in [-0.39, 0.29) is 5.04 Å². The van der Waals surface area contributed by atoms with E-state index in [4.69, 9.17) is 9.69 Å². The zero-order chi connectivity index (χ0) is 15.2. The summed E-state index contributed by atoms with van der Waals surface area (Å²) in [6.07, 6.45) is 2.80. The summed E-state index contributed by atoms with van der Waals surface area (Å²) in [4.78, 5) is 5.17. The molecule has 0 bridgehead atoms. The lowest BCUT2D eigenvalue weighted by Gasteiger charge is -2.36. The minimum atomic E-state index is -1.60. The molecule has 3 nitrogen and oxygen atoms in total. The van der Waals surface area contributed by atoms with E-state index in [1.54, 1.807) is 24.0 Å². The average Bonchev–Trinajstić information content (AvgIpc) is 2.37. The number of nitrogens with zero attached hydrogens (tertiary/aromatic N) is 2. The first-order chi connectivity index (χ1) is 9.26. The highest BCUT2D eigenvalue weighted by atomic mass is 32.2. The number of rotatable bonds is 6. The van der Waals surface area contributed by atoms with Crippen LogP contribution in [0.5, 0.6) is 0 Å². The summed E-state index contributed by atoms with van der Waals surface area (Å²) < 4.78 is 6.14. The molecule has 1 rings (SSSR count). The van der Waals surface area contributed by atoms with Crippen LogP contribution in [0.1, 0.15) is 32.9 Å². The third kappa shape index (κ3) is 5.27. The first-order valence-electron chi connectivity index (χ1n) is 6.89. The first kappa shape index (κ1) is 17.2. The Kier molecular flexibility index (Phi) is 6.25. The fourth-order valence-electron chi connectivity index (χ4n) is 1.32. The molecule has 0 spiro atoms. The van der Waals surface area contributed by atoms with Gasteiger partial charge >= 0.3 is 0 Å². The van der Waals surface area contributed by atoms with Gasteiger partial charge in [0, 0.05) is 23.5 Å². The molecule has 1 heterocycles. The van der Waals surface area contributed by atoms with Crippen LogP contribution < -0.4 is 0 Å². The molecule has 0 saturated carbocycles. The van der Waals surface area contributed by atoms with Crippen LogP contribution in [0.3, 0.4) is 0 Å². The molecule has 0 atom stereocenters. The van der Waals surface area contributed by atoms with Gasteiger partial charge in [0.2, 0.25) is 0 Å². The zero-order valence-corrected chi connectivity index (χ0v) is 14.9. The van der Waals surface area contributed by atoms with E-state index in [0.717, 1.165) is 23.7 Å². The molecular formula is C15H24N2OSSi. The summed E-state index contributed by atoms with van der Waals surface area (Å²) in [5, 5.41) is 8.96. The van der Waals surface area contributed by atoms with Gasteiger partial charge in [-0.05, 0) is 36.7 Å². The summed E-state index contributed by atoms with van der Waals surface area (Å²) in [6, 6.07) is 5.73. The van der Waals surface area contributed by atoms with Gasteiger partial charge < -0.3 is 4.43 Å². The fourth-order valence-corrected chi connectivity index (χ4v) is 3.20. The number of thioether (sulfide) groups is 1. The van der Waals surface area contributed by atoms with E-state index < -0.39 is 8.32 Å². The van der Waals surface area contributed by atoms with Gasteiger partial charge in [0.05, 0.1) is 0 Å². The predicted molar refractivity (Wildman–Crippen MR) is 87.4 cm³/mol. The van der Waals surface area contributed by atoms with Gasteiger partial charge in [0.15, 0.2) is 8.32 Å². The van der Waals surface area contributed by atoms with Gasteiger partial charge in [0.25, 0.3) is 0 Å². The second kappa shape index (κ2) is 7.25. The smallest absolute Gasteiger partial charge is 0.191 e. The lowest BCUT2D eigenvalue weighted by Crippen LogP contribution is -2.41. The second-order valence-corrected chi connectivity index (χ2v) is 12.3. The van der Waals surface area contributed by atoms with Gasteiger partial charge in [-0.2, -0.15) is 5.26 Å². The number of hydrogen-bond acceptors (Lipinski definition) is 4. The summed E-state index contributed by atoms with van der Waals surface area (Å²) >= 11 is 1.76. The van der Waals surface area contributed by atoms with Crippen molar-refractivity contribution < 1.29 is 4.43 Å². The fraction of sp³-hybridized carbons (Fsp3) is 0.600. The van der Waals surface area contributed by atoms with Crippen LogP contribution in [0.2, 0.25) is 18.1 Å². The van der Waals surface area contributed by atoms with Crippen LogP contribution in [-0.2, 0) is 4.43 Å². The Morgan fingerprint density at radius 2 is 2.05 bits per heavy atom. The zero-order valence-electron chi connectivity index (χ0n) is 13.1. The molecule has 110 valence electrons. The summed E-state index contributed by atoms with van der Waals surface area (Å²) in [6.45, 7) is 12.2. The lowest BCUT2D eigenvalue weighted by molar-refractivity contribution is 0.289. The van der Waals surface area contributed by atoms with Crippen LogP contribution >= 0.6 is 11.8 Å². The predicted octanol–water partition coefficient (Wildman–Crippen LogP) is 4.46. The maximum absolute atomic E-state index is 8.68. The third-order valence-electron chi connectivity index (χ3n) is 3.68. The molecular weight excluding hydrogens is 284 g/mol. The molecule has 5 heteroatoms. The van der Waals surface area contributed by atoms with Crippen molar-refractivity contribution in [2.24, 2.45) is 0 Å². The van der Waals surface area contributed by atoms with Crippen LogP contribution in [0.4, 0.5) is 0 Å². The van der Waals surface area contributed by atoms with Gasteiger partial charge in [-0.15, -0.1) is 11.8 Å². The molecule has 0 aliphatic heterocycles. The van der Waals surface area contributed by atoms with Gasteiger partial charge in [-0.3, -0.25) is 0 Å². The molecule has 1 aromatic heterocycles. The molecule has 0 aliphatic carbocycles. The molecule has 20 heavy (non-hydrogen) atoms. The van der Waals surface area contributed by atoms with E-state index in [9.17, 15) is 0 Å². The number of aromatic nitrogens is 1. The van der Waals surface area contributed by atoms with E-state index in [0.29, 0.717) is 5.69 Å². The van der Waals surface area contributed by atoms with Crippen molar-refractivity contribution in [2.45, 2.75) is 50.2 Å². The van der Waals surface area contributed by atoms with Crippen molar-refractivity contribution in [2.75, 3.05) is 12.4 Å². The quantitative estimate of drug-likeness (QED) is 0.442. The number of hydrogen-bond donors (Lipinski definition) is 0. The highest BCUT2D eigenvalue weighted by Crippen LogP contribution is 2.36. The maximum Gasteiger partial charge on any atom is 0.191 e. The van der Waals surface area contributed by atoms with Crippen molar-refractivity contribution in [3.8, 4) is 6.07 Å². The Balaban J connectivity index is 2.27. The van der Waals surface area contributed by atoms with Crippen LogP contribution in [0, 0.1) is 11.3 Å². The van der Waals surface area contributed by atoms with Crippen molar-refractivity contribution in [3.05, 3.63) is 24.0 Å². The highest BCUT2D eigenvalue weighted by Gasteiger charge is 2.36. The van der Waals surface area contributed by atoms with Gasteiger partial charge in [-0.25, -0.2) is 4.98 Å². The summed E-state index contributed by atoms with van der Waals surface area (Å²) in [7, 11) is -1.60. The largest absolute Gasteiger partial charge is 0.417 e. The van der Waals surface area contributed by atoms with Crippen molar-refractivity contribution in [3.63, 3.8) is 0 Å². The summed E-state index contributed by atoms with van der Waals surface area (Å²) in [5.41, 5.74) is 0.468. The molecule has 0 fully saturated rings. The number of nitriles is 1. The van der Waals surface area contributed by atoms with E-state index in [1.165, 1.54) is 0 Å². The van der Waals surface area contributed by atoms with Crippen molar-refractivity contribution in [1.29, 1.82) is 5.26 Å². The Labute approximate surface area is 127 Å². The SMILES string of the molecule is CC(C)(C)[Si](C)(C)OCCCSc1ccc(C#N)nc1. The highest BCUT2D eigenvalue weighted by molar-refractivity contribution is 7.99. The molecule has 0 N–H and O–H groups in total. The third-order valence-corrected chi connectivity index (χ3v) is 9.28. The maximum atomic E-state index is 8.68. The topological polar surface area (TPSA) is 45.9 Å². The number of pyridine rings is 1.